The average molecular weight is 421 g/mol. The van der Waals surface area contributed by atoms with Crippen molar-refractivity contribution >= 4 is 34.8 Å². The summed E-state index contributed by atoms with van der Waals surface area (Å²) in [4.78, 5) is 43.7. The van der Waals surface area contributed by atoms with Gasteiger partial charge in [0.15, 0.2) is 12.5 Å². The summed E-state index contributed by atoms with van der Waals surface area (Å²) in [5.41, 5.74) is 1.72. The predicted octanol–water partition coefficient (Wildman–Crippen LogP) is 3.25. The largest absolute Gasteiger partial charge is 0.484 e. The minimum Gasteiger partial charge on any atom is -0.484 e. The van der Waals surface area contributed by atoms with Gasteiger partial charge in [0.1, 0.15) is 17.7 Å². The quantitative estimate of drug-likeness (QED) is 0.457. The molecule has 0 atom stereocenters. The highest BCUT2D eigenvalue weighted by Gasteiger charge is 2.25. The van der Waals surface area contributed by atoms with E-state index in [4.69, 9.17) is 9.15 Å². The van der Waals surface area contributed by atoms with Gasteiger partial charge in [0, 0.05) is 6.42 Å². The number of nitrogens with zero attached hydrogens (tertiary/aromatic N) is 2. The number of rotatable bonds is 7. The first kappa shape index (κ1) is 19.6. The van der Waals surface area contributed by atoms with Gasteiger partial charge in [-0.05, 0) is 35.5 Å². The Morgan fingerprint density at radius 1 is 1.17 bits per heavy atom. The van der Waals surface area contributed by atoms with Gasteiger partial charge >= 0.3 is 0 Å². The summed E-state index contributed by atoms with van der Waals surface area (Å²) in [5.74, 6) is 0.0766. The van der Waals surface area contributed by atoms with E-state index in [9.17, 15) is 14.4 Å². The zero-order chi connectivity index (χ0) is 20.9. The van der Waals surface area contributed by atoms with Crippen molar-refractivity contribution in [1.29, 1.82) is 0 Å². The van der Waals surface area contributed by atoms with Gasteiger partial charge in [0.05, 0.1) is 16.8 Å². The molecule has 0 unspecified atom stereocenters. The van der Waals surface area contributed by atoms with Gasteiger partial charge in [0.25, 0.3) is 11.1 Å². The second-order valence-electron chi connectivity index (χ2n) is 6.27. The number of aromatic nitrogens is 2. The summed E-state index contributed by atoms with van der Waals surface area (Å²) >= 11 is 0.817. The van der Waals surface area contributed by atoms with E-state index >= 15 is 0 Å². The number of benzene rings is 1. The number of Topliss-reactive ketones (excluding diaryl/α,β-unsaturated/α-hetero) is 1. The SMILES string of the molecule is O=C1NC(=O)C(=Cc2ccc(OCC(=O)c3coc(Cc4ccccc4)n3)cn2)S1. The summed E-state index contributed by atoms with van der Waals surface area (Å²) in [5, 5.41) is 1.76. The lowest BCUT2D eigenvalue weighted by Crippen LogP contribution is -2.17. The van der Waals surface area contributed by atoms with Crippen LogP contribution in [0.5, 0.6) is 5.75 Å². The highest BCUT2D eigenvalue weighted by Crippen LogP contribution is 2.25. The molecule has 1 aliphatic rings. The Labute approximate surface area is 175 Å². The van der Waals surface area contributed by atoms with E-state index < -0.39 is 11.1 Å². The molecule has 1 saturated heterocycles. The molecule has 30 heavy (non-hydrogen) atoms. The van der Waals surface area contributed by atoms with E-state index in [-0.39, 0.29) is 23.0 Å². The van der Waals surface area contributed by atoms with Crippen molar-refractivity contribution in [3.05, 3.63) is 82.7 Å². The maximum absolute atomic E-state index is 12.3. The van der Waals surface area contributed by atoms with Crippen LogP contribution >= 0.6 is 11.8 Å². The normalized spacial score (nSPS) is 14.7. The summed E-state index contributed by atoms with van der Waals surface area (Å²) < 4.78 is 10.8. The number of ether oxygens (including phenoxy) is 1. The molecular weight excluding hydrogens is 406 g/mol. The number of thioether (sulfide) groups is 1. The fourth-order valence-electron chi connectivity index (χ4n) is 2.63. The highest BCUT2D eigenvalue weighted by atomic mass is 32.2. The van der Waals surface area contributed by atoms with E-state index in [0.717, 1.165) is 17.3 Å². The number of imide groups is 1. The Bertz CT molecular complexity index is 1120. The average Bonchev–Trinajstić information content (AvgIpc) is 3.34. The van der Waals surface area contributed by atoms with E-state index in [1.54, 1.807) is 12.1 Å². The fraction of sp³-hybridized carbons (Fsp3) is 0.0952. The Balaban J connectivity index is 1.32. The second-order valence-corrected chi connectivity index (χ2v) is 7.29. The first-order valence-corrected chi connectivity index (χ1v) is 9.74. The number of pyridine rings is 1. The number of carbonyl (C=O) groups is 3. The Morgan fingerprint density at radius 2 is 2.00 bits per heavy atom. The molecule has 0 radical (unpaired) electrons. The third-order valence-electron chi connectivity index (χ3n) is 4.09. The monoisotopic (exact) mass is 421 g/mol. The standard InChI is InChI=1S/C21H15N3O5S/c25-17(16-11-29-19(23-16)8-13-4-2-1-3-5-13)12-28-15-7-6-14(22-10-15)9-18-20(26)24-21(27)30-18/h1-7,9-11H,8,12H2,(H,24,26,27). The van der Waals surface area contributed by atoms with Crippen LogP contribution in [0.2, 0.25) is 0 Å². The van der Waals surface area contributed by atoms with E-state index in [0.29, 0.717) is 23.8 Å². The van der Waals surface area contributed by atoms with Gasteiger partial charge in [-0.2, -0.15) is 0 Å². The molecule has 3 heterocycles. The lowest BCUT2D eigenvalue weighted by atomic mass is 10.1. The van der Waals surface area contributed by atoms with Crippen molar-refractivity contribution < 1.29 is 23.5 Å². The minimum atomic E-state index is -0.447. The van der Waals surface area contributed by atoms with Gasteiger partial charge in [0.2, 0.25) is 5.78 Å². The van der Waals surface area contributed by atoms with Gasteiger partial charge < -0.3 is 9.15 Å². The van der Waals surface area contributed by atoms with Crippen molar-refractivity contribution in [3.63, 3.8) is 0 Å². The van der Waals surface area contributed by atoms with Crippen LogP contribution < -0.4 is 10.1 Å². The van der Waals surface area contributed by atoms with Gasteiger partial charge in [-0.15, -0.1) is 0 Å². The molecule has 1 aliphatic heterocycles. The van der Waals surface area contributed by atoms with E-state index in [1.165, 1.54) is 18.5 Å². The molecule has 2 amide bonds. The van der Waals surface area contributed by atoms with Crippen LogP contribution in [0.15, 0.2) is 64.2 Å². The maximum atomic E-state index is 12.3. The zero-order valence-corrected chi connectivity index (χ0v) is 16.3. The number of hydrogen-bond donors (Lipinski definition) is 1. The molecule has 0 aliphatic carbocycles. The molecule has 1 fully saturated rings. The fourth-order valence-corrected chi connectivity index (χ4v) is 3.30. The molecule has 2 aromatic heterocycles. The number of ketones is 1. The molecule has 1 aromatic carbocycles. The van der Waals surface area contributed by atoms with Gasteiger partial charge in [-0.3, -0.25) is 24.7 Å². The maximum Gasteiger partial charge on any atom is 0.290 e. The summed E-state index contributed by atoms with van der Waals surface area (Å²) in [6.45, 7) is -0.216. The van der Waals surface area contributed by atoms with Crippen LogP contribution in [0.3, 0.4) is 0 Å². The molecule has 0 spiro atoms. The Kier molecular flexibility index (Phi) is 5.71. The molecule has 8 nitrogen and oxygen atoms in total. The van der Waals surface area contributed by atoms with Crippen molar-refractivity contribution in [3.8, 4) is 5.75 Å². The van der Waals surface area contributed by atoms with Crippen LogP contribution in [-0.2, 0) is 11.2 Å². The lowest BCUT2D eigenvalue weighted by molar-refractivity contribution is -0.115. The predicted molar refractivity (Wildman–Crippen MR) is 109 cm³/mol. The number of oxazole rings is 1. The molecule has 4 rings (SSSR count). The van der Waals surface area contributed by atoms with Crippen molar-refractivity contribution in [2.24, 2.45) is 0 Å². The number of nitrogens with one attached hydrogen (secondary N) is 1. The molecule has 9 heteroatoms. The number of carbonyl (C=O) groups excluding carboxylic acids is 3. The van der Waals surface area contributed by atoms with Gasteiger partial charge in [-0.25, -0.2) is 4.98 Å². The van der Waals surface area contributed by atoms with E-state index in [1.807, 2.05) is 30.3 Å². The molecule has 1 N–H and O–H groups in total. The highest BCUT2D eigenvalue weighted by molar-refractivity contribution is 8.18. The topological polar surface area (TPSA) is 111 Å². The third kappa shape index (κ3) is 4.81. The molecule has 3 aromatic rings. The second kappa shape index (κ2) is 8.75. The molecule has 0 bridgehead atoms. The molecular formula is C21H15N3O5S. The zero-order valence-electron chi connectivity index (χ0n) is 15.5. The summed E-state index contributed by atoms with van der Waals surface area (Å²) in [7, 11) is 0. The van der Waals surface area contributed by atoms with Crippen molar-refractivity contribution in [2.75, 3.05) is 6.61 Å². The van der Waals surface area contributed by atoms with Crippen LogP contribution in [0.4, 0.5) is 4.79 Å². The number of hydrogen-bond acceptors (Lipinski definition) is 8. The van der Waals surface area contributed by atoms with Crippen LogP contribution in [0, 0.1) is 0 Å². The summed E-state index contributed by atoms with van der Waals surface area (Å²) in [6, 6.07) is 12.9. The van der Waals surface area contributed by atoms with Crippen LogP contribution in [0.1, 0.15) is 27.6 Å². The third-order valence-corrected chi connectivity index (χ3v) is 4.90. The lowest BCUT2D eigenvalue weighted by Gasteiger charge is -2.04. The van der Waals surface area contributed by atoms with Crippen molar-refractivity contribution in [1.82, 2.24) is 15.3 Å². The first-order chi connectivity index (χ1) is 14.6. The molecule has 150 valence electrons. The minimum absolute atomic E-state index is 0.198. The van der Waals surface area contributed by atoms with Gasteiger partial charge in [-0.1, -0.05) is 30.3 Å². The Morgan fingerprint density at radius 3 is 2.70 bits per heavy atom. The van der Waals surface area contributed by atoms with Crippen LogP contribution in [-0.4, -0.2) is 33.5 Å². The summed E-state index contributed by atoms with van der Waals surface area (Å²) in [6.07, 6.45) is 4.76. The van der Waals surface area contributed by atoms with E-state index in [2.05, 4.69) is 15.3 Å². The van der Waals surface area contributed by atoms with Crippen molar-refractivity contribution in [2.45, 2.75) is 6.42 Å². The Hall–Kier alpha value is -3.72. The molecule has 0 saturated carbocycles. The van der Waals surface area contributed by atoms with Crippen LogP contribution in [0.25, 0.3) is 6.08 Å². The first-order valence-electron chi connectivity index (χ1n) is 8.92. The smallest absolute Gasteiger partial charge is 0.290 e. The number of amides is 2.